The van der Waals surface area contributed by atoms with E-state index in [1.165, 1.54) is 51.5 Å². The van der Waals surface area contributed by atoms with Gasteiger partial charge in [0.15, 0.2) is 0 Å². The number of likely N-dealkylation sites (tertiary alicyclic amines) is 1. The molecule has 1 atom stereocenters. The number of hydrogen-bond acceptors (Lipinski definition) is 8. The van der Waals surface area contributed by atoms with Gasteiger partial charge in [-0.15, -0.1) is 0 Å². The number of allylic oxidation sites excluding steroid dienone is 4. The zero-order valence-electron chi connectivity index (χ0n) is 19.6. The maximum atomic E-state index is 6.17. The van der Waals surface area contributed by atoms with Crippen molar-refractivity contribution in [3.05, 3.63) is 34.7 Å². The summed E-state index contributed by atoms with van der Waals surface area (Å²) < 4.78 is 0. The van der Waals surface area contributed by atoms with Crippen LogP contribution >= 0.6 is 11.6 Å². The average Bonchev–Trinajstić information content (AvgIpc) is 3.24. The van der Waals surface area contributed by atoms with Gasteiger partial charge in [0, 0.05) is 31.2 Å². The minimum atomic E-state index is 0.516. The van der Waals surface area contributed by atoms with Crippen LogP contribution in [-0.4, -0.2) is 52.1 Å². The summed E-state index contributed by atoms with van der Waals surface area (Å²) >= 11 is 6.17. The summed E-state index contributed by atoms with van der Waals surface area (Å²) in [4.78, 5) is 16.5. The molecule has 0 radical (unpaired) electrons. The molecule has 1 saturated carbocycles. The molecular formula is C24H37ClN8. The first kappa shape index (κ1) is 23.8. The van der Waals surface area contributed by atoms with Gasteiger partial charge in [-0.3, -0.25) is 4.90 Å². The minimum absolute atomic E-state index is 0.516. The van der Waals surface area contributed by atoms with Crippen molar-refractivity contribution in [3.63, 3.8) is 0 Å². The van der Waals surface area contributed by atoms with E-state index in [1.807, 2.05) is 12.2 Å². The van der Waals surface area contributed by atoms with Crippen LogP contribution in [0.2, 0.25) is 0 Å². The maximum Gasteiger partial charge on any atom is 0.233 e. The highest BCUT2D eigenvalue weighted by Gasteiger charge is 2.23. The van der Waals surface area contributed by atoms with Crippen LogP contribution in [0.1, 0.15) is 58.3 Å². The van der Waals surface area contributed by atoms with E-state index in [4.69, 9.17) is 17.3 Å². The van der Waals surface area contributed by atoms with Gasteiger partial charge >= 0.3 is 0 Å². The Morgan fingerprint density at radius 2 is 1.70 bits per heavy atom. The fourth-order valence-corrected chi connectivity index (χ4v) is 5.00. The van der Waals surface area contributed by atoms with Crippen LogP contribution in [-0.2, 0) is 0 Å². The first-order valence-electron chi connectivity index (χ1n) is 12.4. The lowest BCUT2D eigenvalue weighted by Crippen LogP contribution is -2.35. The molecule has 1 aromatic rings. The Kier molecular flexibility index (Phi) is 8.45. The second-order valence-corrected chi connectivity index (χ2v) is 9.60. The lowest BCUT2D eigenvalue weighted by molar-refractivity contribution is 0.277. The SMILES string of the molecule is CCN1CCCC1CNc1nc(NCC2CCCCC2)nc(NC2=CC=C(N)C(Cl)=CC2)n1. The third-order valence-corrected chi connectivity index (χ3v) is 7.20. The van der Waals surface area contributed by atoms with Gasteiger partial charge in [-0.1, -0.05) is 43.9 Å². The number of likely N-dealkylation sites (N-methyl/N-ethyl adjacent to an activating group) is 1. The van der Waals surface area contributed by atoms with Crippen LogP contribution in [0, 0.1) is 5.92 Å². The molecule has 5 N–H and O–H groups in total. The molecule has 8 nitrogen and oxygen atoms in total. The van der Waals surface area contributed by atoms with Crippen molar-refractivity contribution in [1.82, 2.24) is 19.9 Å². The Morgan fingerprint density at radius 3 is 2.45 bits per heavy atom. The molecule has 0 aromatic carbocycles. The van der Waals surface area contributed by atoms with Crippen LogP contribution in [0.25, 0.3) is 0 Å². The monoisotopic (exact) mass is 472 g/mol. The maximum absolute atomic E-state index is 6.17. The number of halogens is 1. The molecule has 1 aliphatic heterocycles. The van der Waals surface area contributed by atoms with Crippen LogP contribution in [0.15, 0.2) is 34.7 Å². The van der Waals surface area contributed by atoms with Crippen LogP contribution in [0.4, 0.5) is 17.8 Å². The van der Waals surface area contributed by atoms with Gasteiger partial charge in [0.2, 0.25) is 17.8 Å². The molecule has 0 spiro atoms. The molecule has 0 amide bonds. The number of nitrogens with two attached hydrogens (primary N) is 1. The Morgan fingerprint density at radius 1 is 0.970 bits per heavy atom. The summed E-state index contributed by atoms with van der Waals surface area (Å²) in [6.07, 6.45) is 15.2. The van der Waals surface area contributed by atoms with Crippen molar-refractivity contribution in [2.75, 3.05) is 42.1 Å². The smallest absolute Gasteiger partial charge is 0.233 e. The molecule has 2 fully saturated rings. The van der Waals surface area contributed by atoms with E-state index in [-0.39, 0.29) is 0 Å². The van der Waals surface area contributed by atoms with Crippen molar-refractivity contribution in [1.29, 1.82) is 0 Å². The van der Waals surface area contributed by atoms with Crippen LogP contribution < -0.4 is 21.7 Å². The molecule has 1 aromatic heterocycles. The zero-order valence-corrected chi connectivity index (χ0v) is 20.4. The van der Waals surface area contributed by atoms with Crippen LogP contribution in [0.5, 0.6) is 0 Å². The minimum Gasteiger partial charge on any atom is -0.398 e. The molecule has 3 aliphatic rings. The fourth-order valence-electron chi connectivity index (χ4n) is 4.86. The van der Waals surface area contributed by atoms with Gasteiger partial charge in [-0.25, -0.2) is 0 Å². The number of rotatable bonds is 9. The molecule has 2 heterocycles. The van der Waals surface area contributed by atoms with Crippen molar-refractivity contribution >= 4 is 29.4 Å². The molecule has 33 heavy (non-hydrogen) atoms. The summed E-state index contributed by atoms with van der Waals surface area (Å²) in [6, 6.07) is 0.520. The highest BCUT2D eigenvalue weighted by atomic mass is 35.5. The van der Waals surface area contributed by atoms with E-state index in [2.05, 4.69) is 42.7 Å². The first-order chi connectivity index (χ1) is 16.1. The number of hydrogen-bond donors (Lipinski definition) is 4. The number of anilines is 3. The molecule has 4 rings (SSSR count). The van der Waals surface area contributed by atoms with Crippen LogP contribution in [0.3, 0.4) is 0 Å². The van der Waals surface area contributed by atoms with Crippen molar-refractivity contribution in [2.24, 2.45) is 11.7 Å². The van der Waals surface area contributed by atoms with Gasteiger partial charge in [0.25, 0.3) is 0 Å². The van der Waals surface area contributed by atoms with E-state index < -0.39 is 0 Å². The number of aromatic nitrogens is 3. The molecule has 1 unspecified atom stereocenters. The van der Waals surface area contributed by atoms with E-state index in [0.717, 1.165) is 25.3 Å². The largest absolute Gasteiger partial charge is 0.398 e. The lowest BCUT2D eigenvalue weighted by atomic mass is 9.89. The predicted octanol–water partition coefficient (Wildman–Crippen LogP) is 4.42. The van der Waals surface area contributed by atoms with Gasteiger partial charge in [-0.05, 0) is 56.8 Å². The molecule has 9 heteroatoms. The second-order valence-electron chi connectivity index (χ2n) is 9.19. The fraction of sp³-hybridized carbons (Fsp3) is 0.625. The summed E-state index contributed by atoms with van der Waals surface area (Å²) in [5, 5.41) is 10.8. The Balaban J connectivity index is 1.47. The van der Waals surface area contributed by atoms with Gasteiger partial charge in [0.1, 0.15) is 0 Å². The zero-order chi connectivity index (χ0) is 23.0. The van der Waals surface area contributed by atoms with E-state index in [1.54, 1.807) is 6.08 Å². The summed E-state index contributed by atoms with van der Waals surface area (Å²) in [5.41, 5.74) is 7.42. The van der Waals surface area contributed by atoms with Gasteiger partial charge < -0.3 is 21.7 Å². The Labute approximate surface area is 202 Å². The first-order valence-corrected chi connectivity index (χ1v) is 12.8. The van der Waals surface area contributed by atoms with Gasteiger partial charge in [0.05, 0.1) is 10.7 Å². The summed E-state index contributed by atoms with van der Waals surface area (Å²) in [6.45, 7) is 6.20. The highest BCUT2D eigenvalue weighted by molar-refractivity contribution is 6.31. The third-order valence-electron chi connectivity index (χ3n) is 6.82. The lowest BCUT2D eigenvalue weighted by Gasteiger charge is -2.23. The second kappa shape index (κ2) is 11.7. The topological polar surface area (TPSA) is 104 Å². The molecule has 2 aliphatic carbocycles. The summed E-state index contributed by atoms with van der Waals surface area (Å²) in [5.74, 6) is 2.41. The normalized spacial score (nSPS) is 22.2. The predicted molar refractivity (Wildman–Crippen MR) is 136 cm³/mol. The molecular weight excluding hydrogens is 436 g/mol. The van der Waals surface area contributed by atoms with Crippen molar-refractivity contribution in [3.8, 4) is 0 Å². The number of nitrogens with zero attached hydrogens (tertiary/aromatic N) is 4. The van der Waals surface area contributed by atoms with E-state index >= 15 is 0 Å². The third kappa shape index (κ3) is 6.84. The van der Waals surface area contributed by atoms with Crippen molar-refractivity contribution < 1.29 is 0 Å². The van der Waals surface area contributed by atoms with Gasteiger partial charge in [-0.2, -0.15) is 15.0 Å². The Bertz CT molecular complexity index is 890. The molecule has 0 bridgehead atoms. The average molecular weight is 473 g/mol. The van der Waals surface area contributed by atoms with E-state index in [0.29, 0.717) is 47.0 Å². The quantitative estimate of drug-likeness (QED) is 0.418. The number of nitrogens with one attached hydrogen (secondary N) is 3. The Hall–Kier alpha value is -2.32. The highest BCUT2D eigenvalue weighted by Crippen LogP contribution is 2.24. The van der Waals surface area contributed by atoms with E-state index in [9.17, 15) is 0 Å². The standard InChI is InChI=1S/C24H37ClN8/c1-2-33-14-6-9-19(33)16-28-23-30-22(27-15-17-7-4-3-5-8-17)31-24(32-23)29-18-10-12-20(25)21(26)13-11-18/h11-13,17,19H,2-10,14-16,26H2,1H3,(H3,27,28,29,30,31,32). The summed E-state index contributed by atoms with van der Waals surface area (Å²) in [7, 11) is 0. The molecule has 1 saturated heterocycles. The van der Waals surface area contributed by atoms with Crippen molar-refractivity contribution in [2.45, 2.75) is 64.3 Å². The molecule has 180 valence electrons.